The fourth-order valence-corrected chi connectivity index (χ4v) is 3.95. The van der Waals surface area contributed by atoms with E-state index in [0.29, 0.717) is 11.1 Å². The lowest BCUT2D eigenvalue weighted by Gasteiger charge is -2.17. The molecule has 0 unspecified atom stereocenters. The molecule has 34 heavy (non-hydrogen) atoms. The molecule has 0 saturated heterocycles. The van der Waals surface area contributed by atoms with Gasteiger partial charge in [-0.05, 0) is 47.0 Å². The Balaban J connectivity index is 1.41. The van der Waals surface area contributed by atoms with Crippen LogP contribution in [0.5, 0.6) is 5.75 Å². The molecule has 0 N–H and O–H groups in total. The van der Waals surface area contributed by atoms with Crippen LogP contribution in [0.2, 0.25) is 0 Å². The number of fused-ring (bicyclic) bond motifs is 1. The van der Waals surface area contributed by atoms with E-state index in [1.54, 1.807) is 31.4 Å². The summed E-state index contributed by atoms with van der Waals surface area (Å²) in [5.74, 6) is 0.0337. The minimum Gasteiger partial charge on any atom is -0.497 e. The van der Waals surface area contributed by atoms with E-state index < -0.39 is 5.92 Å². The molecule has 0 bridgehead atoms. The van der Waals surface area contributed by atoms with Crippen LogP contribution in [0.25, 0.3) is 10.8 Å². The molecule has 0 spiro atoms. The Morgan fingerprint density at radius 3 is 2.21 bits per heavy atom. The maximum atomic E-state index is 12.8. The van der Waals surface area contributed by atoms with Crippen LogP contribution in [0.15, 0.2) is 91.0 Å². The molecule has 0 aliphatic rings. The Hall–Kier alpha value is -3.92. The van der Waals surface area contributed by atoms with Crippen molar-refractivity contribution in [2.24, 2.45) is 0 Å². The quantitative estimate of drug-likeness (QED) is 0.225. The third-order valence-electron chi connectivity index (χ3n) is 6.15. The normalized spacial score (nSPS) is 12.7. The van der Waals surface area contributed by atoms with Crippen LogP contribution < -0.4 is 4.74 Å². The topological polar surface area (TPSA) is 52.6 Å². The second-order valence-electron chi connectivity index (χ2n) is 8.55. The van der Waals surface area contributed by atoms with Gasteiger partial charge in [0.05, 0.1) is 19.6 Å². The maximum Gasteiger partial charge on any atom is 0.313 e. The van der Waals surface area contributed by atoms with E-state index in [0.717, 1.165) is 27.6 Å². The van der Waals surface area contributed by atoms with Crippen molar-refractivity contribution in [3.8, 4) is 5.75 Å². The van der Waals surface area contributed by atoms with Crippen molar-refractivity contribution in [3.63, 3.8) is 0 Å². The summed E-state index contributed by atoms with van der Waals surface area (Å²) in [6.45, 7) is 4.14. The number of hydrogen-bond donors (Lipinski definition) is 0. The molecule has 4 rings (SSSR count). The largest absolute Gasteiger partial charge is 0.497 e. The highest BCUT2D eigenvalue weighted by Crippen LogP contribution is 2.26. The summed E-state index contributed by atoms with van der Waals surface area (Å²) in [4.78, 5) is 25.6. The van der Waals surface area contributed by atoms with Crippen molar-refractivity contribution in [3.05, 3.63) is 113 Å². The lowest BCUT2D eigenvalue weighted by atomic mass is 9.95. The standard InChI is InChI=1S/C30H28O4/c1-20(23-12-13-26-18-28(33-3)15-14-25(26)16-23)19-34-30(32)21(2)24-10-7-11-27(17-24)29(31)22-8-5-4-6-9-22/h4-18,20-21H,19H2,1-3H3/t20-,21+/m1/s1. The molecule has 4 aromatic carbocycles. The molecule has 2 atom stereocenters. The summed E-state index contributed by atoms with van der Waals surface area (Å²) < 4.78 is 11.0. The van der Waals surface area contributed by atoms with E-state index in [9.17, 15) is 9.59 Å². The summed E-state index contributed by atoms with van der Waals surface area (Å²) in [5, 5.41) is 2.22. The lowest BCUT2D eigenvalue weighted by Crippen LogP contribution is -2.17. The maximum absolute atomic E-state index is 12.8. The molecule has 0 aliphatic carbocycles. The minimum atomic E-state index is -0.472. The van der Waals surface area contributed by atoms with Crippen LogP contribution >= 0.6 is 0 Å². The number of esters is 1. The van der Waals surface area contributed by atoms with Gasteiger partial charge in [-0.2, -0.15) is 0 Å². The smallest absolute Gasteiger partial charge is 0.313 e. The number of ether oxygens (including phenoxy) is 2. The highest BCUT2D eigenvalue weighted by molar-refractivity contribution is 6.09. The summed E-state index contributed by atoms with van der Waals surface area (Å²) in [5.41, 5.74) is 3.05. The van der Waals surface area contributed by atoms with Gasteiger partial charge in [0, 0.05) is 17.0 Å². The summed E-state index contributed by atoms with van der Waals surface area (Å²) in [6.07, 6.45) is 0. The fourth-order valence-electron chi connectivity index (χ4n) is 3.95. The van der Waals surface area contributed by atoms with Crippen molar-refractivity contribution in [2.75, 3.05) is 13.7 Å². The highest BCUT2D eigenvalue weighted by Gasteiger charge is 2.20. The van der Waals surface area contributed by atoms with E-state index in [4.69, 9.17) is 9.47 Å². The molecule has 4 heteroatoms. The van der Waals surface area contributed by atoms with Crippen LogP contribution in [-0.4, -0.2) is 25.5 Å². The van der Waals surface area contributed by atoms with Crippen LogP contribution in [0.4, 0.5) is 0 Å². The van der Waals surface area contributed by atoms with Crippen molar-refractivity contribution < 1.29 is 19.1 Å². The van der Waals surface area contributed by atoms with Crippen molar-refractivity contribution in [1.82, 2.24) is 0 Å². The lowest BCUT2D eigenvalue weighted by molar-refractivity contribution is -0.145. The van der Waals surface area contributed by atoms with E-state index in [1.807, 2.05) is 62.4 Å². The number of benzene rings is 4. The summed E-state index contributed by atoms with van der Waals surface area (Å²) >= 11 is 0. The molecular formula is C30H28O4. The van der Waals surface area contributed by atoms with E-state index in [1.165, 1.54) is 0 Å². The Kier molecular flexibility index (Phi) is 7.07. The van der Waals surface area contributed by atoms with Gasteiger partial charge in [0.2, 0.25) is 0 Å². The summed E-state index contributed by atoms with van der Waals surface area (Å²) in [7, 11) is 1.66. The second-order valence-corrected chi connectivity index (χ2v) is 8.55. The predicted octanol–water partition coefficient (Wildman–Crippen LogP) is 6.53. The van der Waals surface area contributed by atoms with Crippen LogP contribution in [0, 0.1) is 0 Å². The molecule has 172 valence electrons. The van der Waals surface area contributed by atoms with Gasteiger partial charge < -0.3 is 9.47 Å². The molecular weight excluding hydrogens is 424 g/mol. The molecule has 4 aromatic rings. The monoisotopic (exact) mass is 452 g/mol. The average molecular weight is 453 g/mol. The molecule has 0 amide bonds. The first-order valence-corrected chi connectivity index (χ1v) is 11.4. The number of rotatable bonds is 8. The van der Waals surface area contributed by atoms with Gasteiger partial charge in [-0.3, -0.25) is 9.59 Å². The predicted molar refractivity (Wildman–Crippen MR) is 135 cm³/mol. The number of ketones is 1. The highest BCUT2D eigenvalue weighted by atomic mass is 16.5. The van der Waals surface area contributed by atoms with Crippen LogP contribution in [0.3, 0.4) is 0 Å². The van der Waals surface area contributed by atoms with Gasteiger partial charge in [0.15, 0.2) is 5.78 Å². The first-order chi connectivity index (χ1) is 16.5. The van der Waals surface area contributed by atoms with Crippen LogP contribution in [0.1, 0.15) is 52.7 Å². The van der Waals surface area contributed by atoms with Crippen LogP contribution in [-0.2, 0) is 9.53 Å². The zero-order valence-corrected chi connectivity index (χ0v) is 19.7. The second kappa shape index (κ2) is 10.3. The Morgan fingerprint density at radius 1 is 0.735 bits per heavy atom. The number of hydrogen-bond acceptors (Lipinski definition) is 4. The molecule has 0 aliphatic heterocycles. The van der Waals surface area contributed by atoms with E-state index >= 15 is 0 Å². The molecule has 0 aromatic heterocycles. The zero-order chi connectivity index (χ0) is 24.1. The average Bonchev–Trinajstić information content (AvgIpc) is 2.90. The number of methoxy groups -OCH3 is 1. The van der Waals surface area contributed by atoms with Gasteiger partial charge >= 0.3 is 5.97 Å². The molecule has 4 nitrogen and oxygen atoms in total. The SMILES string of the molecule is COc1ccc2cc([C@H](C)COC(=O)[C@@H](C)c3cccc(C(=O)c4ccccc4)c3)ccc2c1. The first kappa shape index (κ1) is 23.2. The van der Waals surface area contributed by atoms with Crippen molar-refractivity contribution >= 4 is 22.5 Å². The summed E-state index contributed by atoms with van der Waals surface area (Å²) in [6, 6.07) is 28.6. The fraction of sp³-hybridized carbons (Fsp3) is 0.200. The zero-order valence-electron chi connectivity index (χ0n) is 19.7. The Labute approximate surface area is 200 Å². The van der Waals surface area contributed by atoms with E-state index in [2.05, 4.69) is 18.2 Å². The number of carbonyl (C=O) groups excluding carboxylic acids is 2. The first-order valence-electron chi connectivity index (χ1n) is 11.4. The van der Waals surface area contributed by atoms with Gasteiger partial charge in [-0.25, -0.2) is 0 Å². The van der Waals surface area contributed by atoms with Gasteiger partial charge in [-0.1, -0.05) is 79.7 Å². The third kappa shape index (κ3) is 5.18. The Bertz CT molecular complexity index is 1310. The molecule has 0 radical (unpaired) electrons. The third-order valence-corrected chi connectivity index (χ3v) is 6.15. The molecule has 0 heterocycles. The minimum absolute atomic E-state index is 0.0497. The van der Waals surface area contributed by atoms with Crippen molar-refractivity contribution in [1.29, 1.82) is 0 Å². The van der Waals surface area contributed by atoms with Gasteiger partial charge in [-0.15, -0.1) is 0 Å². The van der Waals surface area contributed by atoms with Gasteiger partial charge in [0.25, 0.3) is 0 Å². The van der Waals surface area contributed by atoms with Crippen molar-refractivity contribution in [2.45, 2.75) is 25.7 Å². The Morgan fingerprint density at radius 2 is 1.44 bits per heavy atom. The van der Waals surface area contributed by atoms with Gasteiger partial charge in [0.1, 0.15) is 5.75 Å². The number of carbonyl (C=O) groups is 2. The molecule has 0 saturated carbocycles. The molecule has 0 fully saturated rings. The van der Waals surface area contributed by atoms with E-state index in [-0.39, 0.29) is 24.3 Å².